The fourth-order valence-corrected chi connectivity index (χ4v) is 5.32. The molecule has 2 amide bonds. The summed E-state index contributed by atoms with van der Waals surface area (Å²) in [7, 11) is 0. The van der Waals surface area contributed by atoms with Crippen LogP contribution in [0, 0.1) is 0 Å². The number of rotatable bonds is 5. The van der Waals surface area contributed by atoms with E-state index in [1.807, 2.05) is 41.3 Å². The van der Waals surface area contributed by atoms with E-state index < -0.39 is 0 Å². The van der Waals surface area contributed by atoms with E-state index in [9.17, 15) is 9.59 Å². The molecular weight excluding hydrogens is 404 g/mol. The molecule has 1 aromatic heterocycles. The largest absolute Gasteiger partial charge is 0.368 e. The normalized spacial score (nSPS) is 14.2. The Morgan fingerprint density at radius 1 is 1.10 bits per heavy atom. The van der Waals surface area contributed by atoms with Gasteiger partial charge in [-0.05, 0) is 30.3 Å². The van der Waals surface area contributed by atoms with Gasteiger partial charge < -0.3 is 15.1 Å². The lowest BCUT2D eigenvalue weighted by Gasteiger charge is -2.36. The third-order valence-electron chi connectivity index (χ3n) is 4.76. The van der Waals surface area contributed by atoms with Gasteiger partial charge in [0, 0.05) is 44.5 Å². The summed E-state index contributed by atoms with van der Waals surface area (Å²) in [6.07, 6.45) is 0. The van der Waals surface area contributed by atoms with Crippen molar-refractivity contribution in [3.8, 4) is 0 Å². The minimum absolute atomic E-state index is 0.0959. The van der Waals surface area contributed by atoms with Crippen LogP contribution in [0.5, 0.6) is 0 Å². The molecule has 0 spiro atoms. The number of thiazole rings is 1. The minimum atomic E-state index is -0.0959. The van der Waals surface area contributed by atoms with Crippen molar-refractivity contribution >= 4 is 56.5 Å². The third-order valence-corrected chi connectivity index (χ3v) is 6.91. The summed E-state index contributed by atoms with van der Waals surface area (Å²) in [5.41, 5.74) is 2.86. The summed E-state index contributed by atoms with van der Waals surface area (Å²) in [5.74, 6) is 0.450. The van der Waals surface area contributed by atoms with Crippen LogP contribution in [0.15, 0.2) is 52.9 Å². The SMILES string of the molecule is CC(=O)Nc1ccc2nc(SCC(=O)N3CCN(c4ccccc4)CC3)sc2c1. The van der Waals surface area contributed by atoms with E-state index in [2.05, 4.69) is 27.3 Å². The van der Waals surface area contributed by atoms with Gasteiger partial charge >= 0.3 is 0 Å². The highest BCUT2D eigenvalue weighted by atomic mass is 32.2. The van der Waals surface area contributed by atoms with E-state index >= 15 is 0 Å². The van der Waals surface area contributed by atoms with Gasteiger partial charge in [0.1, 0.15) is 0 Å². The van der Waals surface area contributed by atoms with Crippen LogP contribution < -0.4 is 10.2 Å². The van der Waals surface area contributed by atoms with Crippen molar-refractivity contribution in [2.75, 3.05) is 42.1 Å². The summed E-state index contributed by atoms with van der Waals surface area (Å²) in [6.45, 7) is 4.69. The molecule has 1 saturated heterocycles. The van der Waals surface area contributed by atoms with Gasteiger partial charge in [-0.15, -0.1) is 11.3 Å². The van der Waals surface area contributed by atoms with Crippen molar-refractivity contribution < 1.29 is 9.59 Å². The molecule has 1 aliphatic heterocycles. The van der Waals surface area contributed by atoms with Crippen molar-refractivity contribution in [1.29, 1.82) is 0 Å². The highest BCUT2D eigenvalue weighted by Crippen LogP contribution is 2.31. The first-order chi connectivity index (χ1) is 14.1. The van der Waals surface area contributed by atoms with Crippen molar-refractivity contribution in [1.82, 2.24) is 9.88 Å². The molecule has 4 rings (SSSR count). The number of nitrogens with zero attached hydrogens (tertiary/aromatic N) is 3. The summed E-state index contributed by atoms with van der Waals surface area (Å²) < 4.78 is 1.87. The van der Waals surface area contributed by atoms with Crippen LogP contribution in [0.25, 0.3) is 10.2 Å². The van der Waals surface area contributed by atoms with E-state index in [0.717, 1.165) is 46.4 Å². The fraction of sp³-hybridized carbons (Fsp3) is 0.286. The zero-order chi connectivity index (χ0) is 20.2. The maximum atomic E-state index is 12.6. The summed E-state index contributed by atoms with van der Waals surface area (Å²) in [6, 6.07) is 16.0. The van der Waals surface area contributed by atoms with Crippen LogP contribution in [0.3, 0.4) is 0 Å². The Hall–Kier alpha value is -2.58. The standard InChI is InChI=1S/C21H22N4O2S2/c1-15(26)22-16-7-8-18-19(13-16)29-21(23-18)28-14-20(27)25-11-9-24(10-12-25)17-5-3-2-4-6-17/h2-8,13H,9-12,14H2,1H3,(H,22,26). The van der Waals surface area contributed by atoms with E-state index in [1.54, 1.807) is 11.3 Å². The van der Waals surface area contributed by atoms with E-state index in [0.29, 0.717) is 5.75 Å². The van der Waals surface area contributed by atoms with Gasteiger partial charge in [0.25, 0.3) is 0 Å². The number of carbonyl (C=O) groups is 2. The highest BCUT2D eigenvalue weighted by molar-refractivity contribution is 8.01. The number of hydrogen-bond acceptors (Lipinski definition) is 6. The molecule has 0 atom stereocenters. The van der Waals surface area contributed by atoms with Crippen LogP contribution in [-0.4, -0.2) is 53.6 Å². The minimum Gasteiger partial charge on any atom is -0.368 e. The maximum absolute atomic E-state index is 12.6. The summed E-state index contributed by atoms with van der Waals surface area (Å²) >= 11 is 3.03. The molecule has 8 heteroatoms. The van der Waals surface area contributed by atoms with Crippen molar-refractivity contribution in [3.05, 3.63) is 48.5 Å². The Labute approximate surface area is 177 Å². The fourth-order valence-electron chi connectivity index (χ4n) is 3.31. The number of hydrogen-bond donors (Lipinski definition) is 1. The molecule has 29 heavy (non-hydrogen) atoms. The molecule has 1 N–H and O–H groups in total. The predicted octanol–water partition coefficient (Wildman–Crippen LogP) is 3.70. The molecule has 0 saturated carbocycles. The van der Waals surface area contributed by atoms with Crippen LogP contribution in [0.1, 0.15) is 6.92 Å². The average Bonchev–Trinajstić information content (AvgIpc) is 3.14. The lowest BCUT2D eigenvalue weighted by Crippen LogP contribution is -2.49. The summed E-state index contributed by atoms with van der Waals surface area (Å²) in [5, 5.41) is 2.78. The van der Waals surface area contributed by atoms with Crippen LogP contribution >= 0.6 is 23.1 Å². The summed E-state index contributed by atoms with van der Waals surface area (Å²) in [4.78, 5) is 32.7. The molecule has 150 valence electrons. The van der Waals surface area contributed by atoms with Gasteiger partial charge in [0.2, 0.25) is 11.8 Å². The average molecular weight is 427 g/mol. The Balaban J connectivity index is 1.31. The van der Waals surface area contributed by atoms with Gasteiger partial charge in [-0.1, -0.05) is 30.0 Å². The number of carbonyl (C=O) groups excluding carboxylic acids is 2. The number of anilines is 2. The number of aromatic nitrogens is 1. The molecule has 1 fully saturated rings. The van der Waals surface area contributed by atoms with Crippen LogP contribution in [0.4, 0.5) is 11.4 Å². The lowest BCUT2D eigenvalue weighted by molar-refractivity contribution is -0.128. The Kier molecular flexibility index (Phi) is 6.01. The second kappa shape index (κ2) is 8.84. The number of nitrogens with one attached hydrogen (secondary N) is 1. The smallest absolute Gasteiger partial charge is 0.233 e. The number of benzene rings is 2. The number of piperazine rings is 1. The molecular formula is C21H22N4O2S2. The number of para-hydroxylation sites is 1. The number of amides is 2. The highest BCUT2D eigenvalue weighted by Gasteiger charge is 2.21. The molecule has 0 aliphatic carbocycles. The molecule has 1 aliphatic rings. The number of fused-ring (bicyclic) bond motifs is 1. The Morgan fingerprint density at radius 3 is 2.59 bits per heavy atom. The van der Waals surface area contributed by atoms with Crippen molar-refractivity contribution in [3.63, 3.8) is 0 Å². The molecule has 2 aromatic carbocycles. The lowest BCUT2D eigenvalue weighted by atomic mass is 10.2. The van der Waals surface area contributed by atoms with Gasteiger partial charge in [-0.25, -0.2) is 4.98 Å². The van der Waals surface area contributed by atoms with Crippen LogP contribution in [-0.2, 0) is 9.59 Å². The molecule has 0 unspecified atom stereocenters. The van der Waals surface area contributed by atoms with Crippen molar-refractivity contribution in [2.45, 2.75) is 11.3 Å². The maximum Gasteiger partial charge on any atom is 0.233 e. The van der Waals surface area contributed by atoms with E-state index in [1.165, 1.54) is 24.4 Å². The first-order valence-electron chi connectivity index (χ1n) is 9.47. The molecule has 6 nitrogen and oxygen atoms in total. The van der Waals surface area contributed by atoms with Crippen LogP contribution in [0.2, 0.25) is 0 Å². The second-order valence-corrected chi connectivity index (χ2v) is 9.09. The molecule has 0 bridgehead atoms. The molecule has 2 heterocycles. The zero-order valence-corrected chi connectivity index (χ0v) is 17.8. The van der Waals surface area contributed by atoms with E-state index in [-0.39, 0.29) is 11.8 Å². The second-order valence-electron chi connectivity index (χ2n) is 6.84. The topological polar surface area (TPSA) is 65.5 Å². The first kappa shape index (κ1) is 19.7. The molecule has 0 radical (unpaired) electrons. The Bertz CT molecular complexity index is 1010. The molecule has 3 aromatic rings. The Morgan fingerprint density at radius 2 is 1.86 bits per heavy atom. The van der Waals surface area contributed by atoms with Crippen molar-refractivity contribution in [2.24, 2.45) is 0 Å². The van der Waals surface area contributed by atoms with Gasteiger partial charge in [-0.3, -0.25) is 9.59 Å². The quantitative estimate of drug-likeness (QED) is 0.631. The van der Waals surface area contributed by atoms with Gasteiger partial charge in [-0.2, -0.15) is 0 Å². The zero-order valence-electron chi connectivity index (χ0n) is 16.1. The number of thioether (sulfide) groups is 1. The van der Waals surface area contributed by atoms with E-state index in [4.69, 9.17) is 0 Å². The monoisotopic (exact) mass is 426 g/mol. The predicted molar refractivity (Wildman–Crippen MR) is 120 cm³/mol. The van der Waals surface area contributed by atoms with Gasteiger partial charge in [0.05, 0.1) is 16.0 Å². The third kappa shape index (κ3) is 4.89. The first-order valence-corrected chi connectivity index (χ1v) is 11.3. The van der Waals surface area contributed by atoms with Gasteiger partial charge in [0.15, 0.2) is 4.34 Å².